The molecule has 0 aromatic heterocycles. The van der Waals surface area contributed by atoms with Crippen LogP contribution in [0.2, 0.25) is 18.1 Å². The van der Waals surface area contributed by atoms with Crippen LogP contribution < -0.4 is 13.9 Å². The van der Waals surface area contributed by atoms with E-state index in [0.29, 0.717) is 12.5 Å². The third kappa shape index (κ3) is 8.30. The lowest BCUT2D eigenvalue weighted by Gasteiger charge is -2.39. The van der Waals surface area contributed by atoms with E-state index in [1.165, 1.54) is 18.2 Å². The zero-order valence-electron chi connectivity index (χ0n) is 25.7. The Morgan fingerprint density at radius 3 is 1.98 bits per heavy atom. The van der Waals surface area contributed by atoms with E-state index < -0.39 is 53.5 Å². The molecule has 0 saturated heterocycles. The molecule has 0 bridgehead atoms. The van der Waals surface area contributed by atoms with Crippen LogP contribution >= 0.6 is 0 Å². The third-order valence-corrected chi connectivity index (χ3v) is 13.4. The first-order chi connectivity index (χ1) is 19.1. The first-order valence-corrected chi connectivity index (χ1v) is 17.8. The molecule has 42 heavy (non-hydrogen) atoms. The summed E-state index contributed by atoms with van der Waals surface area (Å²) >= 11 is -1.76. The smallest absolute Gasteiger partial charge is 0.394 e. The normalized spacial score (nSPS) is 15.2. The van der Waals surface area contributed by atoms with Gasteiger partial charge in [-0.3, -0.25) is 0 Å². The van der Waals surface area contributed by atoms with Crippen molar-refractivity contribution >= 4 is 19.7 Å². The van der Waals surface area contributed by atoms with Crippen molar-refractivity contribution in [3.63, 3.8) is 0 Å². The van der Waals surface area contributed by atoms with Crippen LogP contribution in [-0.2, 0) is 23.3 Å². The van der Waals surface area contributed by atoms with Crippen molar-refractivity contribution in [3.8, 4) is 11.5 Å². The lowest BCUT2D eigenvalue weighted by Crippen LogP contribution is -2.53. The van der Waals surface area contributed by atoms with Crippen LogP contribution in [0.3, 0.4) is 0 Å². The molecule has 0 spiro atoms. The second-order valence-corrected chi connectivity index (χ2v) is 19.8. The molecule has 0 fully saturated rings. The lowest BCUT2D eigenvalue weighted by molar-refractivity contribution is -0.159. The molecule has 2 atom stereocenters. The summed E-state index contributed by atoms with van der Waals surface area (Å²) < 4.78 is 85.7. The van der Waals surface area contributed by atoms with Gasteiger partial charge in [0.1, 0.15) is 27.6 Å². The van der Waals surface area contributed by atoms with E-state index in [1.54, 1.807) is 26.8 Å². The van der Waals surface area contributed by atoms with Gasteiger partial charge in [-0.2, -0.15) is 8.78 Å². The summed E-state index contributed by atoms with van der Waals surface area (Å²) in [5, 5.41) is -0.181. The van der Waals surface area contributed by atoms with E-state index in [-0.39, 0.29) is 22.8 Å². The quantitative estimate of drug-likeness (QED) is 0.139. The predicted octanol–water partition coefficient (Wildman–Crippen LogP) is 8.88. The summed E-state index contributed by atoms with van der Waals surface area (Å²) in [6.45, 7) is 16.0. The highest BCUT2D eigenvalue weighted by atomic mass is 32.2. The maximum Gasteiger partial charge on any atom is 0.394 e. The molecule has 3 aromatic rings. The maximum atomic E-state index is 15.9. The number of benzene rings is 3. The summed E-state index contributed by atoms with van der Waals surface area (Å²) in [4.78, 5) is 0. The largest absolute Gasteiger partial charge is 0.598 e. The van der Waals surface area contributed by atoms with Crippen LogP contribution in [0, 0.1) is 11.6 Å². The Morgan fingerprint density at radius 2 is 1.45 bits per heavy atom. The number of hydrogen-bond acceptors (Lipinski definition) is 4. The Kier molecular flexibility index (Phi) is 9.88. The minimum absolute atomic E-state index is 0.0739. The molecule has 0 aliphatic rings. The van der Waals surface area contributed by atoms with Gasteiger partial charge in [0.2, 0.25) is 0 Å². The van der Waals surface area contributed by atoms with Gasteiger partial charge in [-0.15, -0.1) is 4.72 Å². The Morgan fingerprint density at radius 1 is 0.833 bits per heavy atom. The van der Waals surface area contributed by atoms with Gasteiger partial charge in [0, 0.05) is 30.8 Å². The second-order valence-electron chi connectivity index (χ2n) is 13.1. The summed E-state index contributed by atoms with van der Waals surface area (Å²) in [5.74, 6) is -1.83. The highest BCUT2D eigenvalue weighted by Crippen LogP contribution is 2.42. The number of ether oxygens (including phenoxy) is 1. The Bertz CT molecular complexity index is 1370. The fraction of sp³-hybridized carbons (Fsp3) is 0.438. The van der Waals surface area contributed by atoms with Crippen molar-refractivity contribution in [1.29, 1.82) is 0 Å². The van der Waals surface area contributed by atoms with E-state index in [4.69, 9.17) is 9.16 Å². The van der Waals surface area contributed by atoms with Crippen LogP contribution in [0.25, 0.3) is 0 Å². The summed E-state index contributed by atoms with van der Waals surface area (Å²) in [5.41, 5.74) is -0.325. The molecule has 10 heteroatoms. The first-order valence-electron chi connectivity index (χ1n) is 13.7. The third-order valence-electron chi connectivity index (χ3n) is 7.39. The van der Waals surface area contributed by atoms with Gasteiger partial charge < -0.3 is 13.7 Å². The molecule has 3 aromatic carbocycles. The molecule has 0 aliphatic heterocycles. The van der Waals surface area contributed by atoms with Crippen molar-refractivity contribution in [2.75, 3.05) is 0 Å². The van der Waals surface area contributed by atoms with Crippen molar-refractivity contribution in [1.82, 2.24) is 4.72 Å². The molecule has 0 aliphatic carbocycles. The van der Waals surface area contributed by atoms with Crippen LogP contribution in [0.4, 0.5) is 17.6 Å². The lowest BCUT2D eigenvalue weighted by atomic mass is 9.78. The van der Waals surface area contributed by atoms with E-state index in [1.807, 2.05) is 64.2 Å². The molecule has 3 rings (SSSR count). The van der Waals surface area contributed by atoms with Crippen molar-refractivity contribution in [2.45, 2.75) is 89.4 Å². The monoisotopic (exact) mass is 623 g/mol. The average Bonchev–Trinajstić information content (AvgIpc) is 2.82. The molecular formula is C32H41F4NO3SSi. The molecule has 230 valence electrons. The predicted molar refractivity (Wildman–Crippen MR) is 164 cm³/mol. The van der Waals surface area contributed by atoms with Crippen molar-refractivity contribution in [3.05, 3.63) is 95.1 Å². The number of rotatable bonds is 10. The van der Waals surface area contributed by atoms with E-state index in [9.17, 15) is 13.3 Å². The Balaban J connectivity index is 2.32. The Labute approximate surface area is 251 Å². The van der Waals surface area contributed by atoms with Crippen molar-refractivity contribution in [2.24, 2.45) is 0 Å². The average molecular weight is 624 g/mol. The molecule has 4 nitrogen and oxygen atoms in total. The summed E-state index contributed by atoms with van der Waals surface area (Å²) in [7, 11) is -2.40. The second kappa shape index (κ2) is 12.2. The highest BCUT2D eigenvalue weighted by Gasteiger charge is 2.44. The van der Waals surface area contributed by atoms with E-state index in [2.05, 4.69) is 4.72 Å². The number of hydrogen-bond donors (Lipinski definition) is 1. The molecule has 0 radical (unpaired) electrons. The summed E-state index contributed by atoms with van der Waals surface area (Å²) in [6.07, 6.45) is -3.49. The summed E-state index contributed by atoms with van der Waals surface area (Å²) in [6, 6.07) is 16.8. The van der Waals surface area contributed by atoms with E-state index in [0.717, 1.165) is 17.7 Å². The van der Waals surface area contributed by atoms with Gasteiger partial charge in [-0.25, -0.2) is 8.78 Å². The number of nitrogens with one attached hydrogen (secondary N) is 1. The van der Waals surface area contributed by atoms with E-state index >= 15 is 8.78 Å². The van der Waals surface area contributed by atoms with Gasteiger partial charge >= 0.3 is 6.11 Å². The SMILES string of the molecule is CC(F)(F)Oc1cc(F)cc(C(Cc2ccccc2)(N[S@+]([O-])C(C)(C)C)c2ccc(O[Si](C)(C)C(C)(C)C)c(F)c2)c1. The fourth-order valence-corrected chi connectivity index (χ4v) is 6.04. The van der Waals surface area contributed by atoms with Gasteiger partial charge in [-0.1, -0.05) is 57.2 Å². The van der Waals surface area contributed by atoms with Crippen LogP contribution in [-0.4, -0.2) is 23.7 Å². The van der Waals surface area contributed by atoms with Crippen LogP contribution in [0.5, 0.6) is 11.5 Å². The van der Waals surface area contributed by atoms with Gasteiger partial charge in [0.25, 0.3) is 8.32 Å². The van der Waals surface area contributed by atoms with Crippen LogP contribution in [0.15, 0.2) is 66.7 Å². The molecule has 1 unspecified atom stereocenters. The zero-order chi connectivity index (χ0) is 31.7. The molecule has 1 N–H and O–H groups in total. The number of halogens is 4. The van der Waals surface area contributed by atoms with Crippen molar-refractivity contribution < 1.29 is 31.3 Å². The zero-order valence-corrected chi connectivity index (χ0v) is 27.5. The molecule has 0 heterocycles. The van der Waals surface area contributed by atoms with Gasteiger partial charge in [0.05, 0.1) is 0 Å². The molecule has 0 amide bonds. The highest BCUT2D eigenvalue weighted by molar-refractivity contribution is 7.90. The topological polar surface area (TPSA) is 53.5 Å². The van der Waals surface area contributed by atoms with Gasteiger partial charge in [-0.05, 0) is 79.9 Å². The minimum Gasteiger partial charge on any atom is -0.598 e. The Hall–Kier alpha value is -2.53. The first kappa shape index (κ1) is 34.0. The molecule has 0 saturated carbocycles. The maximum absolute atomic E-state index is 15.9. The number of alkyl halides is 2. The fourth-order valence-electron chi connectivity index (χ4n) is 4.09. The molecular weight excluding hydrogens is 583 g/mol. The standard InChI is InChI=1S/C32H41F4NO3SSi/c1-29(2,3)41(38)37-32(21-22-13-11-10-12-14-22,24-17-25(33)20-26(18-24)39-31(7,35)36)23-15-16-28(27(34)19-23)40-42(8,9)30(4,5)6/h10-20,37H,21H2,1-9H3/t32?,41-/m1/s1. The van der Waals surface area contributed by atoms with Crippen LogP contribution in [0.1, 0.15) is 65.2 Å². The van der Waals surface area contributed by atoms with Gasteiger partial charge in [0.15, 0.2) is 5.82 Å². The minimum atomic E-state index is -3.58.